The van der Waals surface area contributed by atoms with E-state index >= 15 is 0 Å². The zero-order valence-electron chi connectivity index (χ0n) is 46.4. The van der Waals surface area contributed by atoms with E-state index in [9.17, 15) is 0 Å². The maximum Gasteiger partial charge on any atom is 0.252 e. The van der Waals surface area contributed by atoms with Gasteiger partial charge in [-0.2, -0.15) is 0 Å². The Labute approximate surface area is 475 Å². The van der Waals surface area contributed by atoms with Crippen LogP contribution in [0.4, 0.5) is 51.2 Å². The van der Waals surface area contributed by atoms with Gasteiger partial charge in [-0.1, -0.05) is 224 Å². The number of nitrogens with zero attached hydrogens (tertiary/aromatic N) is 3. The molecule has 0 bridgehead atoms. The molecule has 0 saturated heterocycles. The molecule has 17 rings (SSSR count). The summed E-state index contributed by atoms with van der Waals surface area (Å²) < 4.78 is 6.92. The van der Waals surface area contributed by atoms with Crippen molar-refractivity contribution < 1.29 is 4.74 Å². The summed E-state index contributed by atoms with van der Waals surface area (Å²) in [6, 6.07) is 92.6. The van der Waals surface area contributed by atoms with Gasteiger partial charge in [0.15, 0.2) is 0 Å². The van der Waals surface area contributed by atoms with E-state index in [1.807, 2.05) is 0 Å². The first-order valence-corrected chi connectivity index (χ1v) is 28.8. The Kier molecular flexibility index (Phi) is 9.30. The van der Waals surface area contributed by atoms with Crippen molar-refractivity contribution in [3.8, 4) is 22.6 Å². The molecular formula is C76H58BN3O. The normalized spacial score (nSPS) is 15.3. The molecule has 0 saturated carbocycles. The number of benzene rings is 11. The second-order valence-corrected chi connectivity index (χ2v) is 25.1. The van der Waals surface area contributed by atoms with Gasteiger partial charge in [0.1, 0.15) is 11.5 Å². The number of rotatable bonds is 3. The lowest BCUT2D eigenvalue weighted by atomic mass is 9.32. The van der Waals surface area contributed by atoms with Gasteiger partial charge in [-0.3, -0.25) is 0 Å². The van der Waals surface area contributed by atoms with Gasteiger partial charge >= 0.3 is 0 Å². The van der Waals surface area contributed by atoms with Crippen molar-refractivity contribution in [2.75, 3.05) is 14.7 Å². The summed E-state index contributed by atoms with van der Waals surface area (Å²) in [6.45, 7) is 13.7. The minimum Gasteiger partial charge on any atom is -0.457 e. The van der Waals surface area contributed by atoms with E-state index in [0.29, 0.717) is 0 Å². The number of anilines is 9. The highest BCUT2D eigenvalue weighted by Gasteiger charge is 2.58. The highest BCUT2D eigenvalue weighted by Crippen LogP contribution is 2.67. The molecule has 5 aliphatic heterocycles. The molecule has 0 unspecified atom stereocenters. The van der Waals surface area contributed by atoms with E-state index in [4.69, 9.17) is 4.74 Å². The van der Waals surface area contributed by atoms with Crippen molar-refractivity contribution in [1.82, 2.24) is 0 Å². The number of hydrogen-bond acceptors (Lipinski definition) is 4. The van der Waals surface area contributed by atoms with Crippen LogP contribution in [0.15, 0.2) is 243 Å². The van der Waals surface area contributed by atoms with Crippen molar-refractivity contribution >= 4 is 74.3 Å². The minimum atomic E-state index is -0.700. The maximum absolute atomic E-state index is 6.92. The lowest BCUT2D eigenvalue weighted by molar-refractivity contribution is 0.434. The Morgan fingerprint density at radius 2 is 0.716 bits per heavy atom. The summed E-state index contributed by atoms with van der Waals surface area (Å²) in [5, 5.41) is 0. The summed E-state index contributed by atoms with van der Waals surface area (Å²) in [5.74, 6) is 1.77. The van der Waals surface area contributed by atoms with E-state index in [1.165, 1.54) is 100 Å². The summed E-state index contributed by atoms with van der Waals surface area (Å²) in [4.78, 5) is 7.84. The van der Waals surface area contributed by atoms with Gasteiger partial charge in [0.25, 0.3) is 6.71 Å². The molecule has 0 atom stereocenters. The molecule has 0 N–H and O–H groups in total. The second kappa shape index (κ2) is 16.2. The fraction of sp³-hybridized carbons (Fsp3) is 0.132. The minimum absolute atomic E-state index is 0.0111. The predicted octanol–water partition coefficient (Wildman–Crippen LogP) is 17.3. The molecule has 2 spiro atoms. The molecule has 0 fully saturated rings. The van der Waals surface area contributed by atoms with Crippen LogP contribution in [0.1, 0.15) is 97.2 Å². The molecule has 0 aromatic heterocycles. The molecule has 5 heteroatoms. The number of para-hydroxylation sites is 6. The largest absolute Gasteiger partial charge is 0.457 e. The Balaban J connectivity index is 1.02. The fourth-order valence-electron chi connectivity index (χ4n) is 15.6. The van der Waals surface area contributed by atoms with E-state index in [2.05, 4.69) is 299 Å². The quantitative estimate of drug-likeness (QED) is 0.164. The number of ether oxygens (including phenoxy) is 1. The van der Waals surface area contributed by atoms with Gasteiger partial charge in [-0.05, 0) is 144 Å². The lowest BCUT2D eigenvalue weighted by Gasteiger charge is -2.54. The van der Waals surface area contributed by atoms with Crippen LogP contribution in [0.5, 0.6) is 11.5 Å². The third-order valence-corrected chi connectivity index (χ3v) is 19.0. The molecule has 11 aromatic carbocycles. The highest BCUT2D eigenvalue weighted by molar-refractivity contribution is 7.00. The molecule has 386 valence electrons. The van der Waals surface area contributed by atoms with Crippen LogP contribution >= 0.6 is 0 Å². The standard InChI is InChI=1S/C76H58BN3O/c1-73(2,3)47-37-41-49(42-38-47)78(50-43-39-48(40-44-50)74(4,5)6)51-45-66-70-67(46-51)80-65-34-16-12-26-57(65)76(58-27-13-17-35-68(58)81-69-36-18-14-28-59(69)76)61-30-20-32-63(72(61)80)77(70)62-31-19-29-60-71(62)79(66)64-33-15-11-25-56(64)75(60)54-23-9-7-21-52(54)53-22-8-10-24-55(53)75/h7-46H,1-6H3. The van der Waals surface area contributed by atoms with Gasteiger partial charge in [-0.15, -0.1) is 0 Å². The van der Waals surface area contributed by atoms with Crippen molar-refractivity contribution in [2.45, 2.75) is 63.2 Å². The Morgan fingerprint density at radius 1 is 0.346 bits per heavy atom. The Morgan fingerprint density at radius 3 is 1.16 bits per heavy atom. The lowest BCUT2D eigenvalue weighted by Crippen LogP contribution is -2.63. The summed E-state index contributed by atoms with van der Waals surface area (Å²) in [5.41, 5.74) is 28.4. The number of fused-ring (bicyclic) bond motifs is 21. The van der Waals surface area contributed by atoms with Crippen molar-refractivity contribution in [1.29, 1.82) is 0 Å². The fourth-order valence-corrected chi connectivity index (χ4v) is 15.6. The van der Waals surface area contributed by atoms with Crippen LogP contribution in [0.3, 0.4) is 0 Å². The molecule has 6 aliphatic rings. The summed E-state index contributed by atoms with van der Waals surface area (Å²) in [6.07, 6.45) is 0. The van der Waals surface area contributed by atoms with Crippen LogP contribution in [0, 0.1) is 0 Å². The van der Waals surface area contributed by atoms with Crippen molar-refractivity contribution in [2.24, 2.45) is 0 Å². The monoisotopic (exact) mass is 1040 g/mol. The van der Waals surface area contributed by atoms with Gasteiger partial charge < -0.3 is 19.4 Å². The molecule has 0 amide bonds. The van der Waals surface area contributed by atoms with Gasteiger partial charge in [-0.25, -0.2) is 0 Å². The Hall–Kier alpha value is -9.32. The zero-order chi connectivity index (χ0) is 54.3. The van der Waals surface area contributed by atoms with Gasteiger partial charge in [0, 0.05) is 45.3 Å². The van der Waals surface area contributed by atoms with Crippen molar-refractivity contribution in [3.05, 3.63) is 298 Å². The first kappa shape index (κ1) is 46.6. The number of hydrogen-bond donors (Lipinski definition) is 0. The van der Waals surface area contributed by atoms with Crippen molar-refractivity contribution in [3.63, 3.8) is 0 Å². The second-order valence-electron chi connectivity index (χ2n) is 25.1. The molecule has 0 radical (unpaired) electrons. The average molecular weight is 1040 g/mol. The topological polar surface area (TPSA) is 19.0 Å². The van der Waals surface area contributed by atoms with Gasteiger partial charge in [0.05, 0.1) is 27.9 Å². The molecule has 5 heterocycles. The van der Waals surface area contributed by atoms with Crippen LogP contribution in [0.2, 0.25) is 0 Å². The van der Waals surface area contributed by atoms with Gasteiger partial charge in [0.2, 0.25) is 0 Å². The predicted molar refractivity (Wildman–Crippen MR) is 335 cm³/mol. The molecule has 11 aromatic rings. The third-order valence-electron chi connectivity index (χ3n) is 19.0. The summed E-state index contributed by atoms with van der Waals surface area (Å²) in [7, 11) is 0. The Bertz CT molecular complexity index is 4350. The van der Waals surface area contributed by atoms with E-state index in [0.717, 1.165) is 45.4 Å². The SMILES string of the molecule is CC(C)(C)c1ccc(N(c2ccc(C(C)(C)C)cc2)c2cc3c4c(c2)N2c5ccccc5C5(c6ccccc6-c6ccccc65)c5cccc(c52)B4c2cccc4c2N3c2ccccc2C42c3ccccc3Oc3ccccc32)cc1. The smallest absolute Gasteiger partial charge is 0.252 e. The van der Waals surface area contributed by atoms with Crippen LogP contribution < -0.4 is 35.8 Å². The average Bonchev–Trinajstić information content (AvgIpc) is 2.65. The van der Waals surface area contributed by atoms with Crippen LogP contribution in [-0.2, 0) is 21.7 Å². The van der Waals surface area contributed by atoms with E-state index in [-0.39, 0.29) is 17.5 Å². The van der Waals surface area contributed by atoms with E-state index < -0.39 is 10.8 Å². The molecular weight excluding hydrogens is 982 g/mol. The zero-order valence-corrected chi connectivity index (χ0v) is 46.4. The summed E-state index contributed by atoms with van der Waals surface area (Å²) >= 11 is 0. The molecule has 4 nitrogen and oxygen atoms in total. The first-order chi connectivity index (χ1) is 39.5. The first-order valence-electron chi connectivity index (χ1n) is 28.8. The van der Waals surface area contributed by atoms with E-state index in [1.54, 1.807) is 0 Å². The molecule has 81 heavy (non-hydrogen) atoms. The molecule has 1 aliphatic carbocycles. The van der Waals surface area contributed by atoms with Crippen LogP contribution in [0.25, 0.3) is 11.1 Å². The highest BCUT2D eigenvalue weighted by atomic mass is 16.5. The maximum atomic E-state index is 6.92. The third kappa shape index (κ3) is 5.95. The van der Waals surface area contributed by atoms with Crippen LogP contribution in [-0.4, -0.2) is 6.71 Å².